The third-order valence-electron chi connectivity index (χ3n) is 2.98. The maximum atomic E-state index is 9.52. The highest BCUT2D eigenvalue weighted by Gasteiger charge is 2.11. The molecule has 2 aromatic rings. The highest BCUT2D eigenvalue weighted by atomic mass is 79.9. The third-order valence-corrected chi connectivity index (χ3v) is 4.63. The van der Waals surface area contributed by atoms with Crippen LogP contribution in [0, 0.1) is 12.8 Å². The summed E-state index contributed by atoms with van der Waals surface area (Å²) in [4.78, 5) is 1.33. The van der Waals surface area contributed by atoms with E-state index in [0.29, 0.717) is 5.92 Å². The number of rotatable bonds is 5. The number of aliphatic hydroxyl groups is 1. The molecule has 1 atom stereocenters. The van der Waals surface area contributed by atoms with Gasteiger partial charge in [0.2, 0.25) is 0 Å². The molecule has 1 aromatic heterocycles. The lowest BCUT2D eigenvalue weighted by molar-refractivity contribution is 0.225. The van der Waals surface area contributed by atoms with Gasteiger partial charge in [-0.25, -0.2) is 0 Å². The first kappa shape index (κ1) is 13.8. The largest absolute Gasteiger partial charge is 0.396 e. The van der Waals surface area contributed by atoms with E-state index in [0.717, 1.165) is 16.6 Å². The molecule has 0 saturated carbocycles. The smallest absolute Gasteiger partial charge is 0.0701 e. The van der Waals surface area contributed by atoms with Gasteiger partial charge in [-0.15, -0.1) is 11.3 Å². The van der Waals surface area contributed by atoms with Gasteiger partial charge in [-0.1, -0.05) is 29.8 Å². The van der Waals surface area contributed by atoms with E-state index in [1.165, 1.54) is 16.0 Å². The molecule has 1 unspecified atom stereocenters. The van der Waals surface area contributed by atoms with Gasteiger partial charge in [0, 0.05) is 11.5 Å². The normalized spacial score (nSPS) is 12.6. The maximum Gasteiger partial charge on any atom is 0.0701 e. The van der Waals surface area contributed by atoms with Crippen LogP contribution in [0.4, 0.5) is 0 Å². The van der Waals surface area contributed by atoms with Crippen LogP contribution >= 0.6 is 27.3 Å². The standard InChI is InChI=1S/C15H17BrOS/c1-11-3-2-4-12(7-11)8-13(10-17)9-14-5-6-15(16)18-14/h2-7,13,17H,8-10H2,1H3. The van der Waals surface area contributed by atoms with Crippen LogP contribution in [0.5, 0.6) is 0 Å². The Bertz CT molecular complexity index is 507. The van der Waals surface area contributed by atoms with Crippen molar-refractivity contribution in [1.82, 2.24) is 0 Å². The van der Waals surface area contributed by atoms with Crippen LogP contribution < -0.4 is 0 Å². The predicted molar refractivity (Wildman–Crippen MR) is 81.2 cm³/mol. The number of halogens is 1. The Kier molecular flexibility index (Phi) is 4.98. The van der Waals surface area contributed by atoms with E-state index in [1.807, 2.05) is 0 Å². The number of aliphatic hydroxyl groups excluding tert-OH is 1. The molecule has 18 heavy (non-hydrogen) atoms. The van der Waals surface area contributed by atoms with Gasteiger partial charge >= 0.3 is 0 Å². The van der Waals surface area contributed by atoms with Crippen LogP contribution in [0.3, 0.4) is 0 Å². The Balaban J connectivity index is 2.01. The minimum absolute atomic E-state index is 0.240. The molecule has 0 radical (unpaired) electrons. The number of aryl methyl sites for hydroxylation is 1. The fraction of sp³-hybridized carbons (Fsp3) is 0.333. The first-order valence-electron chi connectivity index (χ1n) is 6.08. The molecule has 0 fully saturated rings. The molecule has 0 saturated heterocycles. The van der Waals surface area contributed by atoms with Crippen molar-refractivity contribution in [2.75, 3.05) is 6.61 Å². The van der Waals surface area contributed by atoms with Crippen LogP contribution in [0.2, 0.25) is 0 Å². The molecule has 1 heterocycles. The molecule has 96 valence electrons. The van der Waals surface area contributed by atoms with E-state index in [-0.39, 0.29) is 6.61 Å². The number of hydrogen-bond acceptors (Lipinski definition) is 2. The van der Waals surface area contributed by atoms with Crippen molar-refractivity contribution in [2.45, 2.75) is 19.8 Å². The maximum absolute atomic E-state index is 9.52. The highest BCUT2D eigenvalue weighted by molar-refractivity contribution is 9.11. The zero-order chi connectivity index (χ0) is 13.0. The summed E-state index contributed by atoms with van der Waals surface area (Å²) >= 11 is 5.23. The lowest BCUT2D eigenvalue weighted by atomic mass is 9.95. The zero-order valence-electron chi connectivity index (χ0n) is 10.4. The fourth-order valence-corrected chi connectivity index (χ4v) is 3.72. The Morgan fingerprint density at radius 2 is 2.06 bits per heavy atom. The molecule has 0 aliphatic heterocycles. The van der Waals surface area contributed by atoms with Crippen LogP contribution in [-0.2, 0) is 12.8 Å². The van der Waals surface area contributed by atoms with Gasteiger partial charge in [0.25, 0.3) is 0 Å². The molecule has 3 heteroatoms. The van der Waals surface area contributed by atoms with Crippen LogP contribution in [0.1, 0.15) is 16.0 Å². The van der Waals surface area contributed by atoms with Crippen LogP contribution in [-0.4, -0.2) is 11.7 Å². The summed E-state index contributed by atoms with van der Waals surface area (Å²) in [6.45, 7) is 2.34. The molecule has 1 nitrogen and oxygen atoms in total. The first-order valence-corrected chi connectivity index (χ1v) is 7.69. The summed E-state index contributed by atoms with van der Waals surface area (Å²) in [6.07, 6.45) is 1.88. The number of hydrogen-bond donors (Lipinski definition) is 1. The summed E-state index contributed by atoms with van der Waals surface area (Å²) in [5.41, 5.74) is 2.59. The number of thiophene rings is 1. The topological polar surface area (TPSA) is 20.2 Å². The second-order valence-electron chi connectivity index (χ2n) is 4.65. The molecule has 2 rings (SSSR count). The minimum Gasteiger partial charge on any atom is -0.396 e. The van der Waals surface area contributed by atoms with Crippen molar-refractivity contribution in [1.29, 1.82) is 0 Å². The second-order valence-corrected chi connectivity index (χ2v) is 7.20. The van der Waals surface area contributed by atoms with E-state index < -0.39 is 0 Å². The Morgan fingerprint density at radius 3 is 2.67 bits per heavy atom. The summed E-state index contributed by atoms with van der Waals surface area (Å²) in [5, 5.41) is 9.52. The lowest BCUT2D eigenvalue weighted by Gasteiger charge is -2.13. The Labute approximate surface area is 121 Å². The first-order chi connectivity index (χ1) is 8.67. The SMILES string of the molecule is Cc1cccc(CC(CO)Cc2ccc(Br)s2)c1. The minimum atomic E-state index is 0.240. The second kappa shape index (κ2) is 6.50. The van der Waals surface area contributed by atoms with Gasteiger partial charge < -0.3 is 5.11 Å². The lowest BCUT2D eigenvalue weighted by Crippen LogP contribution is -2.12. The van der Waals surface area contributed by atoms with Crippen molar-refractivity contribution in [3.8, 4) is 0 Å². The van der Waals surface area contributed by atoms with Crippen molar-refractivity contribution < 1.29 is 5.11 Å². The molecule has 1 N–H and O–H groups in total. The van der Waals surface area contributed by atoms with Gasteiger partial charge in [-0.3, -0.25) is 0 Å². The van der Waals surface area contributed by atoms with Gasteiger partial charge in [0.1, 0.15) is 0 Å². The van der Waals surface area contributed by atoms with Gasteiger partial charge in [0.05, 0.1) is 3.79 Å². The molecule has 0 aliphatic rings. The average Bonchev–Trinajstić information content (AvgIpc) is 2.74. The average molecular weight is 325 g/mol. The molecule has 0 amide bonds. The van der Waals surface area contributed by atoms with E-state index in [1.54, 1.807) is 11.3 Å². The summed E-state index contributed by atoms with van der Waals surface area (Å²) < 4.78 is 1.16. The Morgan fingerprint density at radius 1 is 1.22 bits per heavy atom. The van der Waals surface area contributed by atoms with Crippen molar-refractivity contribution >= 4 is 27.3 Å². The van der Waals surface area contributed by atoms with Crippen LogP contribution in [0.25, 0.3) is 0 Å². The van der Waals surface area contributed by atoms with E-state index in [2.05, 4.69) is 59.3 Å². The summed E-state index contributed by atoms with van der Waals surface area (Å²) in [6, 6.07) is 12.7. The molecular formula is C15H17BrOS. The van der Waals surface area contributed by atoms with Crippen molar-refractivity contribution in [3.63, 3.8) is 0 Å². The molecular weight excluding hydrogens is 308 g/mol. The quantitative estimate of drug-likeness (QED) is 0.873. The Hall–Kier alpha value is -0.640. The zero-order valence-corrected chi connectivity index (χ0v) is 12.8. The van der Waals surface area contributed by atoms with E-state index in [9.17, 15) is 5.11 Å². The van der Waals surface area contributed by atoms with Gasteiger partial charge in [-0.2, -0.15) is 0 Å². The van der Waals surface area contributed by atoms with Crippen LogP contribution in [0.15, 0.2) is 40.2 Å². The molecule has 0 spiro atoms. The molecule has 0 bridgehead atoms. The molecule has 0 aliphatic carbocycles. The molecule has 1 aromatic carbocycles. The van der Waals surface area contributed by atoms with Crippen molar-refractivity contribution in [3.05, 3.63) is 56.2 Å². The van der Waals surface area contributed by atoms with E-state index in [4.69, 9.17) is 0 Å². The summed E-state index contributed by atoms with van der Waals surface area (Å²) in [5.74, 6) is 0.303. The van der Waals surface area contributed by atoms with Crippen molar-refractivity contribution in [2.24, 2.45) is 5.92 Å². The summed E-state index contributed by atoms with van der Waals surface area (Å²) in [7, 11) is 0. The monoisotopic (exact) mass is 324 g/mol. The fourth-order valence-electron chi connectivity index (χ4n) is 2.12. The highest BCUT2D eigenvalue weighted by Crippen LogP contribution is 2.25. The van der Waals surface area contributed by atoms with Gasteiger partial charge in [-0.05, 0) is 59.3 Å². The third kappa shape index (κ3) is 3.94. The number of benzene rings is 1. The van der Waals surface area contributed by atoms with Gasteiger partial charge in [0.15, 0.2) is 0 Å². The van der Waals surface area contributed by atoms with E-state index >= 15 is 0 Å². The predicted octanol–water partition coefficient (Wildman–Crippen LogP) is 4.21.